The van der Waals surface area contributed by atoms with Crippen molar-refractivity contribution in [3.8, 4) is 44.5 Å². The SMILES string of the molecule is [2H]c1c([2H])c([2H])c(-c2c3c([2H])c([2H])c([2H])c([2H])c3c(-c3cccc(-c4ccc5c(c4)oc4c(-c6ccc7ccccc7c6)cccc45)c3)c3c([2H])c([2H])c([2H])c([2H])c23)c([2H])c1[2H]. The number of para-hydroxylation sites is 1. The fraction of sp³-hybridized carbons (Fsp3) is 0. The molecule has 0 atom stereocenters. The van der Waals surface area contributed by atoms with Crippen molar-refractivity contribution < 1.29 is 22.2 Å². The minimum atomic E-state index is -0.716. The first-order valence-electron chi connectivity index (χ1n) is 22.3. The molecule has 0 aliphatic heterocycles. The van der Waals surface area contributed by atoms with E-state index in [2.05, 4.69) is 30.3 Å². The number of hydrogen-bond donors (Lipinski definition) is 0. The van der Waals surface area contributed by atoms with Crippen LogP contribution in [0.25, 0.3) is 98.8 Å². The maximum Gasteiger partial charge on any atom is 0.143 e. The van der Waals surface area contributed by atoms with Crippen LogP contribution in [0.2, 0.25) is 0 Å². The van der Waals surface area contributed by atoms with Crippen LogP contribution in [0.4, 0.5) is 0 Å². The van der Waals surface area contributed by atoms with Crippen molar-refractivity contribution in [3.63, 3.8) is 0 Å². The molecule has 0 unspecified atom stereocenters. The second kappa shape index (κ2) is 11.1. The number of rotatable bonds is 4. The van der Waals surface area contributed by atoms with Gasteiger partial charge in [-0.3, -0.25) is 0 Å². The summed E-state index contributed by atoms with van der Waals surface area (Å²) in [5.74, 6) is 0. The molecule has 1 aromatic heterocycles. The summed E-state index contributed by atoms with van der Waals surface area (Å²) in [7, 11) is 0. The zero-order valence-electron chi connectivity index (χ0n) is 38.7. The molecule has 0 bridgehead atoms. The summed E-state index contributed by atoms with van der Waals surface area (Å²) in [6.07, 6.45) is 0. The normalized spacial score (nSPS) is 15.4. The highest BCUT2D eigenvalue weighted by molar-refractivity contribution is 6.21. The lowest BCUT2D eigenvalue weighted by Gasteiger charge is -2.18. The Labute approximate surface area is 302 Å². The van der Waals surface area contributed by atoms with E-state index in [0.717, 1.165) is 43.8 Å². The van der Waals surface area contributed by atoms with Gasteiger partial charge in [-0.1, -0.05) is 157 Å². The third-order valence-corrected chi connectivity index (χ3v) is 9.17. The van der Waals surface area contributed by atoms with E-state index in [4.69, 9.17) is 16.8 Å². The van der Waals surface area contributed by atoms with Gasteiger partial charge < -0.3 is 4.42 Å². The molecule has 0 N–H and O–H groups in total. The van der Waals surface area contributed by atoms with Gasteiger partial charge in [-0.15, -0.1) is 0 Å². The van der Waals surface area contributed by atoms with Crippen LogP contribution in [-0.4, -0.2) is 0 Å². The van der Waals surface area contributed by atoms with Crippen molar-refractivity contribution in [1.29, 1.82) is 0 Å². The van der Waals surface area contributed by atoms with Crippen molar-refractivity contribution in [2.75, 3.05) is 0 Å². The van der Waals surface area contributed by atoms with E-state index in [1.807, 2.05) is 54.6 Å². The first kappa shape index (κ1) is 17.6. The molecule has 0 saturated heterocycles. The number of hydrogen-bond acceptors (Lipinski definition) is 1. The summed E-state index contributed by atoms with van der Waals surface area (Å²) < 4.78 is 122. The number of fused-ring (bicyclic) bond motifs is 6. The lowest BCUT2D eigenvalue weighted by molar-refractivity contribution is 0.670. The molecule has 1 nitrogen and oxygen atoms in total. The van der Waals surface area contributed by atoms with E-state index < -0.39 is 84.1 Å². The molecule has 0 fully saturated rings. The average molecular weight is 636 g/mol. The molecule has 0 spiro atoms. The number of benzene rings is 9. The van der Waals surface area contributed by atoms with Crippen molar-refractivity contribution in [1.82, 2.24) is 0 Å². The Morgan fingerprint density at radius 2 is 0.980 bits per heavy atom. The molecule has 0 aliphatic carbocycles. The van der Waals surface area contributed by atoms with Gasteiger partial charge in [0.2, 0.25) is 0 Å². The quantitative estimate of drug-likeness (QED) is 0.175. The maximum absolute atomic E-state index is 9.28. The summed E-state index contributed by atoms with van der Waals surface area (Å²) in [4.78, 5) is 0. The van der Waals surface area contributed by atoms with E-state index >= 15 is 0 Å². The van der Waals surface area contributed by atoms with Crippen LogP contribution in [0.1, 0.15) is 17.8 Å². The summed E-state index contributed by atoms with van der Waals surface area (Å²) in [6.45, 7) is 0. The summed E-state index contributed by atoms with van der Waals surface area (Å²) in [5.41, 5.74) is 4.34. The van der Waals surface area contributed by atoms with Crippen molar-refractivity contribution in [2.45, 2.75) is 0 Å². The zero-order chi connectivity index (χ0) is 43.6. The van der Waals surface area contributed by atoms with Crippen LogP contribution >= 0.6 is 0 Å². The molecular weight excluding hydrogens is 593 g/mol. The first-order chi connectivity index (χ1) is 29.7. The fourth-order valence-corrected chi connectivity index (χ4v) is 6.95. The van der Waals surface area contributed by atoms with Gasteiger partial charge in [0.1, 0.15) is 11.2 Å². The van der Waals surface area contributed by atoms with Gasteiger partial charge in [0.25, 0.3) is 0 Å². The topological polar surface area (TPSA) is 13.1 Å². The van der Waals surface area contributed by atoms with E-state index in [1.165, 1.54) is 0 Å². The Kier molecular flexibility index (Phi) is 3.99. The van der Waals surface area contributed by atoms with Crippen LogP contribution in [0.5, 0.6) is 0 Å². The van der Waals surface area contributed by atoms with Crippen molar-refractivity contribution in [2.24, 2.45) is 0 Å². The van der Waals surface area contributed by atoms with Crippen LogP contribution in [-0.2, 0) is 0 Å². The predicted molar refractivity (Wildman–Crippen MR) is 208 cm³/mol. The highest BCUT2D eigenvalue weighted by Crippen LogP contribution is 2.44. The molecule has 0 amide bonds. The second-order valence-corrected chi connectivity index (χ2v) is 11.9. The standard InChI is InChI=1S/C48H30O/c1-2-13-32(14-3-1)46-40-18-6-8-20-42(40)47(43-21-9-7-19-41(43)46)37-17-10-16-34(29-37)35-26-27-39-44-23-11-22-38(48(44)49-45(39)30-35)36-25-24-31-12-4-5-15-33(31)28-36/h1-30H/i1D,2D,3D,6D,7D,8D,9D,13D,14D,18D,19D,20D,21D. The Morgan fingerprint density at radius 1 is 0.367 bits per heavy atom. The molecule has 0 aliphatic rings. The van der Waals surface area contributed by atoms with Gasteiger partial charge in [-0.2, -0.15) is 0 Å². The van der Waals surface area contributed by atoms with Crippen molar-refractivity contribution in [3.05, 3.63) is 182 Å². The fourth-order valence-electron chi connectivity index (χ4n) is 6.95. The van der Waals surface area contributed by atoms with E-state index in [0.29, 0.717) is 16.7 Å². The molecule has 0 radical (unpaired) electrons. The molecule has 0 saturated carbocycles. The Bertz CT molecular complexity index is 3520. The molecular formula is C48H30O. The molecule has 228 valence electrons. The van der Waals surface area contributed by atoms with Gasteiger partial charge >= 0.3 is 0 Å². The molecule has 10 aromatic rings. The molecule has 1 heterocycles. The highest BCUT2D eigenvalue weighted by Gasteiger charge is 2.18. The number of furan rings is 1. The van der Waals surface area contributed by atoms with Crippen LogP contribution in [0.15, 0.2) is 186 Å². The molecule has 9 aromatic carbocycles. The molecule has 1 heteroatoms. The molecule has 49 heavy (non-hydrogen) atoms. The van der Waals surface area contributed by atoms with Crippen molar-refractivity contribution >= 4 is 54.3 Å². The second-order valence-electron chi connectivity index (χ2n) is 11.9. The van der Waals surface area contributed by atoms with Gasteiger partial charge in [0, 0.05) is 16.3 Å². The monoisotopic (exact) mass is 635 g/mol. The third kappa shape index (κ3) is 4.47. The Morgan fingerprint density at radius 3 is 1.73 bits per heavy atom. The predicted octanol–water partition coefficient (Wildman–Crippen LogP) is 13.7. The summed E-state index contributed by atoms with van der Waals surface area (Å²) >= 11 is 0. The first-order valence-corrected chi connectivity index (χ1v) is 15.8. The minimum Gasteiger partial charge on any atom is -0.455 e. The lowest BCUT2D eigenvalue weighted by atomic mass is 9.85. The van der Waals surface area contributed by atoms with E-state index in [-0.39, 0.29) is 32.7 Å². The van der Waals surface area contributed by atoms with Gasteiger partial charge in [0.15, 0.2) is 0 Å². The average Bonchev–Trinajstić information content (AvgIpc) is 3.67. The maximum atomic E-state index is 9.28. The van der Waals surface area contributed by atoms with E-state index in [1.54, 1.807) is 18.2 Å². The van der Waals surface area contributed by atoms with Crippen LogP contribution in [0.3, 0.4) is 0 Å². The summed E-state index contributed by atoms with van der Waals surface area (Å²) in [6, 6.07) is 25.0. The highest BCUT2D eigenvalue weighted by atomic mass is 16.3. The van der Waals surface area contributed by atoms with Crippen LogP contribution < -0.4 is 0 Å². The largest absolute Gasteiger partial charge is 0.455 e. The van der Waals surface area contributed by atoms with Gasteiger partial charge in [0.05, 0.1) is 17.8 Å². The lowest BCUT2D eigenvalue weighted by Crippen LogP contribution is -1.91. The zero-order valence-corrected chi connectivity index (χ0v) is 25.7. The smallest absolute Gasteiger partial charge is 0.143 e. The van der Waals surface area contributed by atoms with E-state index in [9.17, 15) is 5.48 Å². The van der Waals surface area contributed by atoms with Gasteiger partial charge in [-0.25, -0.2) is 0 Å². The third-order valence-electron chi connectivity index (χ3n) is 9.17. The minimum absolute atomic E-state index is 0.0665. The Hall–Kier alpha value is -6.44. The van der Waals surface area contributed by atoms with Gasteiger partial charge in [-0.05, 0) is 95.5 Å². The molecule has 10 rings (SSSR count). The summed E-state index contributed by atoms with van der Waals surface area (Å²) in [5, 5.41) is 3.29. The Balaban J connectivity index is 1.25. The van der Waals surface area contributed by atoms with Crippen LogP contribution in [0, 0.1) is 0 Å².